The van der Waals surface area contributed by atoms with Gasteiger partial charge in [0, 0.05) is 24.7 Å². The third-order valence-electron chi connectivity index (χ3n) is 3.01. The molecule has 0 bridgehead atoms. The van der Waals surface area contributed by atoms with Crippen molar-refractivity contribution >= 4 is 28.6 Å². The zero-order valence-corrected chi connectivity index (χ0v) is 13.6. The Morgan fingerprint density at radius 3 is 2.90 bits per heavy atom. The van der Waals surface area contributed by atoms with Crippen LogP contribution in [-0.2, 0) is 6.54 Å². The van der Waals surface area contributed by atoms with Gasteiger partial charge in [0.1, 0.15) is 0 Å². The maximum absolute atomic E-state index is 4.25. The van der Waals surface area contributed by atoms with E-state index in [9.17, 15) is 0 Å². The Kier molecular flexibility index (Phi) is 5.55. The predicted molar refractivity (Wildman–Crippen MR) is 87.8 cm³/mol. The number of aromatic nitrogens is 1. The van der Waals surface area contributed by atoms with E-state index in [1.165, 1.54) is 10.4 Å². The van der Waals surface area contributed by atoms with Gasteiger partial charge >= 0.3 is 0 Å². The van der Waals surface area contributed by atoms with Crippen LogP contribution in [0.4, 0.5) is 0 Å². The summed E-state index contributed by atoms with van der Waals surface area (Å²) in [5.41, 5.74) is 1.37. The van der Waals surface area contributed by atoms with Crippen molar-refractivity contribution in [2.45, 2.75) is 26.3 Å². The van der Waals surface area contributed by atoms with E-state index in [1.807, 2.05) is 13.1 Å². The zero-order chi connectivity index (χ0) is 14.4. The quantitative estimate of drug-likeness (QED) is 0.659. The molecular weight excluding hydrogens is 288 g/mol. The van der Waals surface area contributed by atoms with E-state index < -0.39 is 0 Å². The maximum atomic E-state index is 4.25. The zero-order valence-electron chi connectivity index (χ0n) is 12.0. The largest absolute Gasteiger partial charge is 0.356 e. The van der Waals surface area contributed by atoms with Crippen LogP contribution in [0.5, 0.6) is 0 Å². The average Bonchev–Trinajstić information content (AvgIpc) is 3.10. The number of thiazole rings is 1. The van der Waals surface area contributed by atoms with Gasteiger partial charge < -0.3 is 10.6 Å². The lowest BCUT2D eigenvalue weighted by Gasteiger charge is -2.15. The van der Waals surface area contributed by atoms with E-state index in [0.29, 0.717) is 5.92 Å². The minimum absolute atomic E-state index is 0.477. The third kappa shape index (κ3) is 4.31. The van der Waals surface area contributed by atoms with Gasteiger partial charge in [-0.05, 0) is 35.2 Å². The second kappa shape index (κ2) is 7.40. The molecule has 2 N–H and O–H groups in total. The number of hydrogen-bond donors (Lipinski definition) is 2. The van der Waals surface area contributed by atoms with Crippen molar-refractivity contribution in [3.63, 3.8) is 0 Å². The Balaban J connectivity index is 1.78. The fourth-order valence-corrected chi connectivity index (χ4v) is 3.32. The molecule has 0 aliphatic carbocycles. The summed E-state index contributed by atoms with van der Waals surface area (Å²) in [5.74, 6) is 1.31. The van der Waals surface area contributed by atoms with Gasteiger partial charge in [-0.1, -0.05) is 6.92 Å². The van der Waals surface area contributed by atoms with E-state index in [1.54, 1.807) is 29.7 Å². The highest BCUT2D eigenvalue weighted by Crippen LogP contribution is 2.17. The predicted octanol–water partition coefficient (Wildman–Crippen LogP) is 2.98. The Bertz CT molecular complexity index is 545. The molecule has 0 aromatic carbocycles. The topological polar surface area (TPSA) is 49.3 Å². The van der Waals surface area contributed by atoms with Crippen LogP contribution in [0, 0.1) is 6.92 Å². The molecule has 2 aromatic heterocycles. The second-order valence-electron chi connectivity index (χ2n) is 4.61. The smallest absolute Gasteiger partial charge is 0.191 e. The SMILES string of the molecule is CN=C(NCc1cnc(C)s1)NCC(C)c1ccsc1. The van der Waals surface area contributed by atoms with Crippen LogP contribution in [0.25, 0.3) is 0 Å². The summed E-state index contributed by atoms with van der Waals surface area (Å²) in [6.07, 6.45) is 1.91. The minimum atomic E-state index is 0.477. The number of nitrogens with one attached hydrogen (secondary N) is 2. The minimum Gasteiger partial charge on any atom is -0.356 e. The summed E-state index contributed by atoms with van der Waals surface area (Å²) in [6, 6.07) is 2.17. The van der Waals surface area contributed by atoms with Crippen molar-refractivity contribution in [1.82, 2.24) is 15.6 Å². The van der Waals surface area contributed by atoms with Crippen molar-refractivity contribution in [2.24, 2.45) is 4.99 Å². The summed E-state index contributed by atoms with van der Waals surface area (Å²) in [5, 5.41) is 12.1. The van der Waals surface area contributed by atoms with Crippen LogP contribution < -0.4 is 10.6 Å². The molecule has 1 unspecified atom stereocenters. The van der Waals surface area contributed by atoms with Crippen LogP contribution in [0.2, 0.25) is 0 Å². The van der Waals surface area contributed by atoms with Crippen molar-refractivity contribution in [1.29, 1.82) is 0 Å². The molecule has 0 radical (unpaired) electrons. The van der Waals surface area contributed by atoms with Crippen LogP contribution in [-0.4, -0.2) is 24.5 Å². The van der Waals surface area contributed by atoms with Gasteiger partial charge in [0.15, 0.2) is 5.96 Å². The number of nitrogens with zero attached hydrogens (tertiary/aromatic N) is 2. The molecule has 0 fully saturated rings. The van der Waals surface area contributed by atoms with Gasteiger partial charge in [-0.3, -0.25) is 4.99 Å². The van der Waals surface area contributed by atoms with Gasteiger partial charge in [-0.15, -0.1) is 11.3 Å². The van der Waals surface area contributed by atoms with Gasteiger partial charge in [0.2, 0.25) is 0 Å². The first-order valence-electron chi connectivity index (χ1n) is 6.57. The number of guanidine groups is 1. The maximum Gasteiger partial charge on any atom is 0.191 e. The van der Waals surface area contributed by atoms with E-state index >= 15 is 0 Å². The summed E-state index contributed by atoms with van der Waals surface area (Å²) in [7, 11) is 1.79. The standard InChI is InChI=1S/C14H20N4S2/c1-10(12-4-5-19-9-12)6-17-14(15-3)18-8-13-7-16-11(2)20-13/h4-5,7,9-10H,6,8H2,1-3H3,(H2,15,17,18). The van der Waals surface area contributed by atoms with Crippen LogP contribution in [0.3, 0.4) is 0 Å². The number of rotatable bonds is 5. The molecule has 0 aliphatic rings. The fourth-order valence-electron chi connectivity index (χ4n) is 1.80. The normalized spacial score (nSPS) is 13.2. The Morgan fingerprint density at radius 1 is 1.45 bits per heavy atom. The average molecular weight is 308 g/mol. The van der Waals surface area contributed by atoms with Gasteiger partial charge in [-0.2, -0.15) is 11.3 Å². The highest BCUT2D eigenvalue weighted by Gasteiger charge is 2.07. The summed E-state index contributed by atoms with van der Waals surface area (Å²) >= 11 is 3.45. The molecule has 6 heteroatoms. The first kappa shape index (κ1) is 15.0. The molecule has 4 nitrogen and oxygen atoms in total. The van der Waals surface area contributed by atoms with E-state index in [2.05, 4.69) is 44.4 Å². The highest BCUT2D eigenvalue weighted by atomic mass is 32.1. The molecule has 0 saturated carbocycles. The van der Waals surface area contributed by atoms with Crippen LogP contribution in [0.1, 0.15) is 28.3 Å². The van der Waals surface area contributed by atoms with E-state index in [4.69, 9.17) is 0 Å². The molecular formula is C14H20N4S2. The van der Waals surface area contributed by atoms with Crippen molar-refractivity contribution in [2.75, 3.05) is 13.6 Å². The summed E-state index contributed by atoms with van der Waals surface area (Å²) in [6.45, 7) is 5.87. The van der Waals surface area contributed by atoms with Gasteiger partial charge in [0.25, 0.3) is 0 Å². The third-order valence-corrected chi connectivity index (χ3v) is 4.62. The molecule has 2 rings (SSSR count). The van der Waals surface area contributed by atoms with Crippen molar-refractivity contribution < 1.29 is 0 Å². The highest BCUT2D eigenvalue weighted by molar-refractivity contribution is 7.11. The van der Waals surface area contributed by atoms with Crippen molar-refractivity contribution in [3.8, 4) is 0 Å². The molecule has 2 heterocycles. The van der Waals surface area contributed by atoms with E-state index in [0.717, 1.165) is 24.1 Å². The van der Waals surface area contributed by atoms with Crippen LogP contribution in [0.15, 0.2) is 28.0 Å². The molecule has 2 aromatic rings. The molecule has 0 spiro atoms. The number of hydrogen-bond acceptors (Lipinski definition) is 4. The Morgan fingerprint density at radius 2 is 2.30 bits per heavy atom. The summed E-state index contributed by atoms with van der Waals surface area (Å²) in [4.78, 5) is 9.71. The first-order chi connectivity index (χ1) is 9.69. The number of aryl methyl sites for hydroxylation is 1. The summed E-state index contributed by atoms with van der Waals surface area (Å²) < 4.78 is 0. The van der Waals surface area contributed by atoms with Gasteiger partial charge in [-0.25, -0.2) is 4.98 Å². The van der Waals surface area contributed by atoms with Crippen LogP contribution >= 0.6 is 22.7 Å². The first-order valence-corrected chi connectivity index (χ1v) is 8.33. The lowest BCUT2D eigenvalue weighted by Crippen LogP contribution is -2.38. The molecule has 20 heavy (non-hydrogen) atoms. The Hall–Kier alpha value is -1.40. The lowest BCUT2D eigenvalue weighted by molar-refractivity contribution is 0.702. The number of aliphatic imine (C=N–C) groups is 1. The molecule has 0 saturated heterocycles. The van der Waals surface area contributed by atoms with Crippen molar-refractivity contribution in [3.05, 3.63) is 38.5 Å². The lowest BCUT2D eigenvalue weighted by atomic mass is 10.1. The molecule has 0 amide bonds. The second-order valence-corrected chi connectivity index (χ2v) is 6.71. The molecule has 0 aliphatic heterocycles. The molecule has 108 valence electrons. The van der Waals surface area contributed by atoms with Gasteiger partial charge in [0.05, 0.1) is 11.6 Å². The van der Waals surface area contributed by atoms with E-state index in [-0.39, 0.29) is 0 Å². The molecule has 1 atom stereocenters. The number of thiophene rings is 1. The fraction of sp³-hybridized carbons (Fsp3) is 0.429. The Labute approximate surface area is 128 Å². The monoisotopic (exact) mass is 308 g/mol.